The van der Waals surface area contributed by atoms with E-state index in [2.05, 4.69) is 17.9 Å². The van der Waals surface area contributed by atoms with Crippen LogP contribution in [0.15, 0.2) is 30.3 Å². The molecule has 0 aromatic heterocycles. The van der Waals surface area contributed by atoms with E-state index in [1.807, 2.05) is 18.2 Å². The molecule has 0 atom stereocenters. The van der Waals surface area contributed by atoms with Gasteiger partial charge >= 0.3 is 0 Å². The summed E-state index contributed by atoms with van der Waals surface area (Å²) in [5, 5.41) is 0. The first-order valence-corrected chi connectivity index (χ1v) is 2.76. The maximum Gasteiger partial charge on any atom is 0.0997 e. The van der Waals surface area contributed by atoms with Crippen molar-refractivity contribution in [3.8, 4) is 0 Å². The zero-order valence-electron chi connectivity index (χ0n) is 6.56. The molecule has 0 aliphatic carbocycles. The summed E-state index contributed by atoms with van der Waals surface area (Å²) in [6.07, 6.45) is 0. The van der Waals surface area contributed by atoms with E-state index < -0.39 is 0 Å². The predicted molar refractivity (Wildman–Crippen MR) is 39.0 cm³/mol. The van der Waals surface area contributed by atoms with Gasteiger partial charge in [-0.2, -0.15) is 0 Å². The van der Waals surface area contributed by atoms with E-state index in [0.717, 1.165) is 6.54 Å². The average Bonchev–Trinajstić information content (AvgIpc) is 1.90. The highest BCUT2D eigenvalue weighted by Crippen LogP contribution is 1.93. The Morgan fingerprint density at radius 2 is 1.45 bits per heavy atom. The van der Waals surface area contributed by atoms with Gasteiger partial charge in [-0.1, -0.05) is 30.3 Å². The molecular weight excluding hydrogens is 183 g/mol. The number of quaternary nitrogens is 2. The van der Waals surface area contributed by atoms with Crippen LogP contribution >= 0.6 is 0 Å². The molecule has 0 bridgehead atoms. The van der Waals surface area contributed by atoms with E-state index in [-0.39, 0.29) is 31.0 Å². The van der Waals surface area contributed by atoms with Crippen molar-refractivity contribution in [3.63, 3.8) is 0 Å². The number of rotatable bonds is 1. The highest BCUT2D eigenvalue weighted by Gasteiger charge is 1.82. The molecule has 0 aliphatic rings. The maximum absolute atomic E-state index is 3.76. The maximum atomic E-state index is 3.76. The summed E-state index contributed by atoms with van der Waals surface area (Å²) >= 11 is 0. The van der Waals surface area contributed by atoms with E-state index in [1.54, 1.807) is 0 Å². The summed E-state index contributed by atoms with van der Waals surface area (Å²) in [6.45, 7) is 0.890. The SMILES string of the molecule is [Cl-].[Cl-].[NH3+]Cc1ccccc1.[NH4+]. The topological polar surface area (TPSA) is 64.1 Å². The molecule has 11 heavy (non-hydrogen) atoms. The zero-order chi connectivity index (χ0) is 5.82. The van der Waals surface area contributed by atoms with Crippen LogP contribution in [0.3, 0.4) is 0 Å². The van der Waals surface area contributed by atoms with Crippen molar-refractivity contribution in [2.75, 3.05) is 0 Å². The van der Waals surface area contributed by atoms with Crippen LogP contribution in [0.4, 0.5) is 0 Å². The summed E-state index contributed by atoms with van der Waals surface area (Å²) in [6, 6.07) is 10.2. The molecule has 0 unspecified atom stereocenters. The van der Waals surface area contributed by atoms with Crippen LogP contribution in [-0.4, -0.2) is 0 Å². The summed E-state index contributed by atoms with van der Waals surface area (Å²) < 4.78 is 0. The molecule has 0 saturated carbocycles. The third-order valence-electron chi connectivity index (χ3n) is 1.13. The lowest BCUT2D eigenvalue weighted by Gasteiger charge is -1.87. The van der Waals surface area contributed by atoms with Crippen LogP contribution in [0.1, 0.15) is 5.56 Å². The van der Waals surface area contributed by atoms with Gasteiger partial charge < -0.3 is 36.7 Å². The van der Waals surface area contributed by atoms with E-state index in [4.69, 9.17) is 0 Å². The Morgan fingerprint density at radius 3 is 1.73 bits per heavy atom. The molecule has 1 rings (SSSR count). The van der Waals surface area contributed by atoms with Crippen LogP contribution in [0.5, 0.6) is 0 Å². The van der Waals surface area contributed by atoms with E-state index in [0.29, 0.717) is 0 Å². The minimum Gasteiger partial charge on any atom is -1.00 e. The van der Waals surface area contributed by atoms with Crippen molar-refractivity contribution < 1.29 is 30.5 Å². The fraction of sp³-hybridized carbons (Fsp3) is 0.143. The molecule has 0 amide bonds. The first-order chi connectivity index (χ1) is 3.93. The number of benzene rings is 1. The smallest absolute Gasteiger partial charge is 0.0997 e. The molecule has 2 nitrogen and oxygen atoms in total. The Kier molecular flexibility index (Phi) is 15.0. The third-order valence-corrected chi connectivity index (χ3v) is 1.13. The molecule has 0 fully saturated rings. The number of hydrogen-bond donors (Lipinski definition) is 2. The molecule has 66 valence electrons. The van der Waals surface area contributed by atoms with Gasteiger partial charge in [-0.25, -0.2) is 0 Å². The van der Waals surface area contributed by atoms with E-state index >= 15 is 0 Å². The van der Waals surface area contributed by atoms with Crippen LogP contribution in [-0.2, 0) is 6.54 Å². The van der Waals surface area contributed by atoms with Gasteiger partial charge in [0.25, 0.3) is 0 Å². The molecule has 1 aromatic rings. The monoisotopic (exact) mass is 196 g/mol. The molecule has 0 aliphatic heterocycles. The van der Waals surface area contributed by atoms with Gasteiger partial charge in [0.15, 0.2) is 0 Å². The number of hydrogen-bond acceptors (Lipinski definition) is 0. The van der Waals surface area contributed by atoms with Gasteiger partial charge in [0.05, 0.1) is 6.54 Å². The van der Waals surface area contributed by atoms with Gasteiger partial charge in [0, 0.05) is 5.56 Å². The fourth-order valence-corrected chi connectivity index (χ4v) is 0.645. The van der Waals surface area contributed by atoms with Crippen molar-refractivity contribution in [3.05, 3.63) is 35.9 Å². The molecule has 4 heteroatoms. The van der Waals surface area contributed by atoms with Crippen LogP contribution in [0, 0.1) is 0 Å². The minimum atomic E-state index is 0. The normalized spacial score (nSPS) is 6.64. The van der Waals surface area contributed by atoms with Crippen LogP contribution in [0.25, 0.3) is 0 Å². The zero-order valence-corrected chi connectivity index (χ0v) is 8.07. The van der Waals surface area contributed by atoms with Gasteiger partial charge in [-0.15, -0.1) is 0 Å². The van der Waals surface area contributed by atoms with Crippen molar-refractivity contribution in [2.24, 2.45) is 0 Å². The molecular formula is C7H14Cl2N2. The first-order valence-electron chi connectivity index (χ1n) is 2.76. The lowest BCUT2D eigenvalue weighted by molar-refractivity contribution is -0.386. The second kappa shape index (κ2) is 9.72. The van der Waals surface area contributed by atoms with Crippen LogP contribution in [0.2, 0.25) is 0 Å². The summed E-state index contributed by atoms with van der Waals surface area (Å²) in [5.41, 5.74) is 5.05. The lowest BCUT2D eigenvalue weighted by Crippen LogP contribution is -3.00. The van der Waals surface area contributed by atoms with Crippen molar-refractivity contribution in [1.29, 1.82) is 0 Å². The van der Waals surface area contributed by atoms with Crippen molar-refractivity contribution in [2.45, 2.75) is 6.54 Å². The lowest BCUT2D eigenvalue weighted by atomic mass is 10.2. The molecule has 0 spiro atoms. The summed E-state index contributed by atoms with van der Waals surface area (Å²) in [5.74, 6) is 0. The Labute approximate surface area is 79.6 Å². The third kappa shape index (κ3) is 6.13. The second-order valence-corrected chi connectivity index (χ2v) is 1.74. The predicted octanol–water partition coefficient (Wildman–Crippen LogP) is -5.19. The summed E-state index contributed by atoms with van der Waals surface area (Å²) in [7, 11) is 0. The molecule has 0 heterocycles. The Bertz CT molecular complexity index is 156. The highest BCUT2D eigenvalue weighted by atomic mass is 35.5. The largest absolute Gasteiger partial charge is 1.00 e. The Balaban J connectivity index is -0.000000213. The molecule has 7 N–H and O–H groups in total. The van der Waals surface area contributed by atoms with E-state index in [1.165, 1.54) is 5.56 Å². The minimum absolute atomic E-state index is 0. The van der Waals surface area contributed by atoms with Crippen molar-refractivity contribution in [1.82, 2.24) is 6.15 Å². The van der Waals surface area contributed by atoms with Gasteiger partial charge in [-0.05, 0) is 0 Å². The Morgan fingerprint density at radius 1 is 1.00 bits per heavy atom. The van der Waals surface area contributed by atoms with Crippen LogP contribution < -0.4 is 36.7 Å². The van der Waals surface area contributed by atoms with Gasteiger partial charge in [0.1, 0.15) is 0 Å². The standard InChI is InChI=1S/C7H9N.2ClH.H3N/c8-6-7-4-2-1-3-5-7;;;/h1-5H,6,8H2;2*1H;1H3. The van der Waals surface area contributed by atoms with E-state index in [9.17, 15) is 0 Å². The average molecular weight is 197 g/mol. The van der Waals surface area contributed by atoms with Gasteiger partial charge in [0.2, 0.25) is 0 Å². The van der Waals surface area contributed by atoms with Gasteiger partial charge in [-0.3, -0.25) is 0 Å². The quantitative estimate of drug-likeness (QED) is 0.452. The fourth-order valence-electron chi connectivity index (χ4n) is 0.645. The first kappa shape index (κ1) is 17.0. The number of halogens is 2. The highest BCUT2D eigenvalue weighted by molar-refractivity contribution is 5.12. The molecule has 1 aromatic carbocycles. The summed E-state index contributed by atoms with van der Waals surface area (Å²) in [4.78, 5) is 0. The second-order valence-electron chi connectivity index (χ2n) is 1.74. The Hall–Kier alpha value is -0.280. The molecule has 0 radical (unpaired) electrons. The van der Waals surface area contributed by atoms with Crippen molar-refractivity contribution >= 4 is 0 Å². The molecule has 0 saturated heterocycles.